The quantitative estimate of drug-likeness (QED) is 0.0146. The second-order valence-electron chi connectivity index (χ2n) is 22.2. The number of aliphatic hydroxyl groups excluding tert-OH is 2. The maximum atomic E-state index is 12.9. The minimum atomic E-state index is -4.95. The first-order valence-corrected chi connectivity index (χ1v) is 37.4. The van der Waals surface area contributed by atoms with E-state index >= 15 is 0 Å². The second-order valence-corrected chi connectivity index (χ2v) is 25.1. The van der Waals surface area contributed by atoms with Crippen LogP contribution in [0, 0.1) is 0 Å². The van der Waals surface area contributed by atoms with Gasteiger partial charge in [-0.1, -0.05) is 236 Å². The first-order valence-electron chi connectivity index (χ1n) is 34.4. The fourth-order valence-corrected chi connectivity index (χ4v) is 9.85. The van der Waals surface area contributed by atoms with E-state index in [0.29, 0.717) is 25.7 Å². The summed E-state index contributed by atoms with van der Waals surface area (Å²) in [4.78, 5) is 58.4. The zero-order valence-corrected chi connectivity index (χ0v) is 58.6. The van der Waals surface area contributed by atoms with Crippen LogP contribution in [0.3, 0.4) is 0 Å². The summed E-state index contributed by atoms with van der Waals surface area (Å²) in [6.07, 6.45) is 82.6. The highest BCUT2D eigenvalue weighted by Crippen LogP contribution is 2.45. The molecule has 0 aliphatic heterocycles. The smallest absolute Gasteiger partial charge is 0.463 e. The van der Waals surface area contributed by atoms with Crippen LogP contribution in [0.5, 0.6) is 0 Å². The van der Waals surface area contributed by atoms with Crippen LogP contribution < -0.4 is 0 Å². The fourth-order valence-electron chi connectivity index (χ4n) is 8.27. The van der Waals surface area contributed by atoms with E-state index in [2.05, 4.69) is 179 Å². The van der Waals surface area contributed by atoms with Gasteiger partial charge in [0.1, 0.15) is 25.4 Å². The van der Waals surface area contributed by atoms with Crippen LogP contribution in [-0.4, -0.2) is 95.9 Å². The highest BCUT2D eigenvalue weighted by atomic mass is 31.2. The van der Waals surface area contributed by atoms with Crippen molar-refractivity contribution in [2.75, 3.05) is 39.6 Å². The predicted molar refractivity (Wildman–Crippen MR) is 380 cm³/mol. The molecular formula is C75H120O16P2. The molecule has 5 atom stereocenters. The molecule has 0 saturated heterocycles. The topological polar surface area (TPSA) is 231 Å². The van der Waals surface area contributed by atoms with E-state index in [1.165, 1.54) is 0 Å². The van der Waals surface area contributed by atoms with Gasteiger partial charge >= 0.3 is 33.6 Å². The molecule has 0 aromatic rings. The van der Waals surface area contributed by atoms with Crippen molar-refractivity contribution in [1.82, 2.24) is 0 Å². The van der Waals surface area contributed by atoms with E-state index in [4.69, 9.17) is 32.3 Å². The van der Waals surface area contributed by atoms with Gasteiger partial charge in [0, 0.05) is 19.3 Å². The van der Waals surface area contributed by atoms with Crippen molar-refractivity contribution < 1.29 is 75.8 Å². The number of carbonyl (C=O) groups excluding carboxylic acids is 3. The third kappa shape index (κ3) is 68.1. The monoisotopic (exact) mass is 1340 g/mol. The molecule has 0 aromatic heterocycles. The molecular weight excluding hydrogens is 1220 g/mol. The van der Waals surface area contributed by atoms with E-state index in [0.717, 1.165) is 161 Å². The first-order chi connectivity index (χ1) is 45.2. The van der Waals surface area contributed by atoms with Crippen molar-refractivity contribution in [2.24, 2.45) is 0 Å². The first kappa shape index (κ1) is 87.9. The van der Waals surface area contributed by atoms with Crippen LogP contribution in [-0.2, 0) is 55.8 Å². The number of esters is 3. The summed E-state index contributed by atoms with van der Waals surface area (Å²) in [5.41, 5.74) is 0. The molecule has 0 aliphatic carbocycles. The van der Waals surface area contributed by atoms with Crippen LogP contribution >= 0.6 is 15.6 Å². The molecule has 0 bridgehead atoms. The minimum absolute atomic E-state index is 0.0154. The summed E-state index contributed by atoms with van der Waals surface area (Å²) in [5.74, 6) is -1.69. The molecule has 0 spiro atoms. The Morgan fingerprint density at radius 3 is 0.882 bits per heavy atom. The highest BCUT2D eigenvalue weighted by molar-refractivity contribution is 7.47. The van der Waals surface area contributed by atoms with Gasteiger partial charge in [-0.2, -0.15) is 0 Å². The summed E-state index contributed by atoms with van der Waals surface area (Å²) in [5, 5.41) is 20.6. The zero-order chi connectivity index (χ0) is 68.1. The van der Waals surface area contributed by atoms with Crippen molar-refractivity contribution in [2.45, 2.75) is 245 Å². The SMILES string of the molecule is CC/C=C\C/C=C\C/C=C\C/C=C\C/C=C\CCCCCCCC(=O)OCC(O)COP(=O)(O)OCC(O)COP(=O)(O)OCC(COC(=O)CCCCCCCC/C=C\C/C=C\C/C=C\C/C=C\CC)OC(=O)CCC/C=C\C/C=C\C/C=C\C/C=C\C/C=C\CC. The zero-order valence-electron chi connectivity index (χ0n) is 56.9. The van der Waals surface area contributed by atoms with Crippen LogP contribution in [0.4, 0.5) is 0 Å². The number of allylic oxidation sites excluding steroid dienone is 28. The number of aliphatic hydroxyl groups is 2. The molecule has 0 amide bonds. The Labute approximate surface area is 561 Å². The van der Waals surface area contributed by atoms with Crippen LogP contribution in [0.2, 0.25) is 0 Å². The summed E-state index contributed by atoms with van der Waals surface area (Å²) in [6.45, 7) is 2.18. The Hall–Kier alpha value is -5.09. The van der Waals surface area contributed by atoms with Crippen molar-refractivity contribution in [1.29, 1.82) is 0 Å². The van der Waals surface area contributed by atoms with Gasteiger partial charge in [-0.25, -0.2) is 9.13 Å². The number of carbonyl (C=O) groups is 3. The van der Waals surface area contributed by atoms with Gasteiger partial charge in [0.15, 0.2) is 6.10 Å². The third-order valence-electron chi connectivity index (χ3n) is 13.4. The summed E-state index contributed by atoms with van der Waals surface area (Å²) in [7, 11) is -9.82. The van der Waals surface area contributed by atoms with Crippen molar-refractivity contribution >= 4 is 33.6 Å². The average Bonchev–Trinajstić information content (AvgIpc) is 3.72. The number of hydrogen-bond donors (Lipinski definition) is 4. The Balaban J connectivity index is 4.79. The van der Waals surface area contributed by atoms with Gasteiger partial charge in [-0.15, -0.1) is 0 Å². The van der Waals surface area contributed by atoms with Gasteiger partial charge in [0.25, 0.3) is 0 Å². The normalized spacial score (nSPS) is 15.2. The number of phosphoric ester groups is 2. The number of ether oxygens (including phenoxy) is 3. The molecule has 0 aliphatic rings. The standard InChI is InChI=1S/C75H120O16P2/c1-4-7-10-13-16-19-22-25-28-31-33-34-36-39-40-43-46-49-52-55-58-61-73(78)85-64-70(76)65-87-92(81,82)88-66-71(77)67-89-93(83,84)90-69-72(91-75(80)63-60-57-54-51-48-45-42-37-30-27-24-21-18-15-12-9-6-3)68-86-74(79)62-59-56-53-50-47-44-41-38-35-32-29-26-23-20-17-14-11-8-5-2/h7-12,16-21,25-30,33-35,38-40,42,45,51,54,70-72,76-77H,4-6,13-15,22-24,31-32,36-37,41,43-44,46-50,52-53,55-69H2,1-3H3,(H,81,82)(H,83,84)/b10-7-,11-8-,12-9-,19-16-,20-17-,21-18-,28-25-,29-26-,30-27-,34-33-,38-35-,40-39-,45-42-,54-51-. The molecule has 0 radical (unpaired) electrons. The summed E-state index contributed by atoms with van der Waals surface area (Å²) in [6, 6.07) is 0. The van der Waals surface area contributed by atoms with Gasteiger partial charge in [-0.05, 0) is 141 Å². The van der Waals surface area contributed by atoms with Gasteiger partial charge < -0.3 is 34.2 Å². The van der Waals surface area contributed by atoms with E-state index in [-0.39, 0.29) is 19.3 Å². The number of hydrogen-bond acceptors (Lipinski definition) is 14. The number of rotatable bonds is 63. The molecule has 93 heavy (non-hydrogen) atoms. The Morgan fingerprint density at radius 1 is 0.301 bits per heavy atom. The van der Waals surface area contributed by atoms with Gasteiger partial charge in [0.2, 0.25) is 0 Å². The summed E-state index contributed by atoms with van der Waals surface area (Å²) < 4.78 is 60.8. The van der Waals surface area contributed by atoms with E-state index in [1.54, 1.807) is 0 Å². The lowest BCUT2D eigenvalue weighted by atomic mass is 10.1. The molecule has 5 unspecified atom stereocenters. The van der Waals surface area contributed by atoms with Gasteiger partial charge in [0.05, 0.1) is 26.4 Å². The molecule has 0 heterocycles. The van der Waals surface area contributed by atoms with Crippen LogP contribution in [0.15, 0.2) is 170 Å². The highest BCUT2D eigenvalue weighted by Gasteiger charge is 2.29. The van der Waals surface area contributed by atoms with Gasteiger partial charge in [-0.3, -0.25) is 32.5 Å². The lowest BCUT2D eigenvalue weighted by Gasteiger charge is -2.21. The van der Waals surface area contributed by atoms with E-state index in [9.17, 15) is 43.5 Å². The van der Waals surface area contributed by atoms with Crippen LogP contribution in [0.25, 0.3) is 0 Å². The molecule has 16 nitrogen and oxygen atoms in total. The fraction of sp³-hybridized carbons (Fsp3) is 0.587. The third-order valence-corrected chi connectivity index (χ3v) is 15.3. The average molecular weight is 1340 g/mol. The molecule has 0 saturated carbocycles. The number of phosphoric acid groups is 2. The van der Waals surface area contributed by atoms with Crippen LogP contribution in [0.1, 0.15) is 226 Å². The molecule has 18 heteroatoms. The molecule has 4 N–H and O–H groups in total. The molecule has 0 aromatic carbocycles. The van der Waals surface area contributed by atoms with Crippen molar-refractivity contribution in [3.05, 3.63) is 170 Å². The van der Waals surface area contributed by atoms with E-state index in [1.807, 2.05) is 12.2 Å². The minimum Gasteiger partial charge on any atom is -0.463 e. The Kier molecular flexibility index (Phi) is 63.2. The molecule has 0 rings (SSSR count). The van der Waals surface area contributed by atoms with E-state index < -0.39 is 91.5 Å². The molecule has 526 valence electrons. The largest absolute Gasteiger partial charge is 0.472 e. The van der Waals surface area contributed by atoms with Crippen molar-refractivity contribution in [3.63, 3.8) is 0 Å². The predicted octanol–water partition coefficient (Wildman–Crippen LogP) is 19.3. The number of unbranched alkanes of at least 4 members (excludes halogenated alkanes) is 12. The summed E-state index contributed by atoms with van der Waals surface area (Å²) >= 11 is 0. The Morgan fingerprint density at radius 2 is 0.548 bits per heavy atom. The lowest BCUT2D eigenvalue weighted by Crippen LogP contribution is -2.30. The molecule has 0 fully saturated rings. The second kappa shape index (κ2) is 66.9. The lowest BCUT2D eigenvalue weighted by molar-refractivity contribution is -0.161. The maximum Gasteiger partial charge on any atom is 0.472 e. The van der Waals surface area contributed by atoms with Crippen molar-refractivity contribution in [3.8, 4) is 0 Å². The Bertz CT molecular complexity index is 2370. The maximum absolute atomic E-state index is 12.9.